The minimum Gasteiger partial charge on any atom is -0.394 e. The van der Waals surface area contributed by atoms with Crippen LogP contribution in [0, 0.1) is 5.92 Å². The Morgan fingerprint density at radius 3 is 2.73 bits per heavy atom. The second-order valence-corrected chi connectivity index (χ2v) is 6.88. The van der Waals surface area contributed by atoms with Gasteiger partial charge in [0.1, 0.15) is 0 Å². The molecular weight excluding hydrogens is 300 g/mol. The van der Waals surface area contributed by atoms with Crippen molar-refractivity contribution < 1.29 is 5.11 Å². The lowest BCUT2D eigenvalue weighted by Crippen LogP contribution is -2.20. The van der Waals surface area contributed by atoms with Crippen molar-refractivity contribution in [2.75, 3.05) is 17.7 Å². The number of unbranched alkanes of at least 4 members (excludes halogenated alkanes) is 1. The minimum atomic E-state index is -0.0984. The first-order valence-corrected chi connectivity index (χ1v) is 8.67. The largest absolute Gasteiger partial charge is 0.394 e. The summed E-state index contributed by atoms with van der Waals surface area (Å²) in [4.78, 5) is 8.91. The first kappa shape index (κ1) is 17.0. The second-order valence-electron chi connectivity index (χ2n) is 5.82. The average Bonchev–Trinajstić information content (AvgIpc) is 2.95. The van der Waals surface area contributed by atoms with Crippen LogP contribution in [0.1, 0.15) is 40.0 Å². The number of aromatic amines is 1. The summed E-state index contributed by atoms with van der Waals surface area (Å²) in [6, 6.07) is -0.0984. The highest BCUT2D eigenvalue weighted by molar-refractivity contribution is 7.99. The molecule has 1 atom stereocenters. The molecule has 122 valence electrons. The van der Waals surface area contributed by atoms with Crippen LogP contribution in [0.5, 0.6) is 0 Å². The van der Waals surface area contributed by atoms with Crippen LogP contribution in [0.4, 0.5) is 5.82 Å². The van der Waals surface area contributed by atoms with Gasteiger partial charge in [-0.15, -0.1) is 5.10 Å². The smallest absolute Gasteiger partial charge is 0.207 e. The fourth-order valence-electron chi connectivity index (χ4n) is 1.99. The maximum absolute atomic E-state index is 9.18. The molecule has 2 rings (SSSR count). The third-order valence-electron chi connectivity index (χ3n) is 3.23. The summed E-state index contributed by atoms with van der Waals surface area (Å²) in [6.45, 7) is 6.40. The molecule has 7 nitrogen and oxygen atoms in total. The van der Waals surface area contributed by atoms with E-state index >= 15 is 0 Å². The molecule has 0 aromatic carbocycles. The predicted molar refractivity (Wildman–Crippen MR) is 89.1 cm³/mol. The van der Waals surface area contributed by atoms with Crippen LogP contribution in [-0.2, 0) is 0 Å². The fraction of sp³-hybridized carbons (Fsp3) is 0.714. The van der Waals surface area contributed by atoms with E-state index in [1.54, 1.807) is 11.8 Å². The van der Waals surface area contributed by atoms with Gasteiger partial charge in [0.05, 0.1) is 6.61 Å². The van der Waals surface area contributed by atoms with Gasteiger partial charge >= 0.3 is 0 Å². The van der Waals surface area contributed by atoms with Crippen molar-refractivity contribution in [1.29, 1.82) is 0 Å². The van der Waals surface area contributed by atoms with Gasteiger partial charge in [-0.2, -0.15) is 15.3 Å². The average molecular weight is 324 g/mol. The van der Waals surface area contributed by atoms with Crippen LogP contribution >= 0.6 is 11.8 Å². The molecule has 22 heavy (non-hydrogen) atoms. The Hall–Kier alpha value is -1.41. The molecule has 0 saturated carbocycles. The van der Waals surface area contributed by atoms with E-state index in [-0.39, 0.29) is 12.6 Å². The molecule has 0 fully saturated rings. The number of rotatable bonds is 9. The van der Waals surface area contributed by atoms with E-state index in [1.165, 1.54) is 12.8 Å². The van der Waals surface area contributed by atoms with E-state index in [0.29, 0.717) is 22.1 Å². The number of H-pyrrole nitrogens is 1. The number of aliphatic hydroxyl groups is 1. The number of nitrogens with zero attached hydrogens (tertiary/aromatic N) is 4. The third kappa shape index (κ3) is 4.81. The van der Waals surface area contributed by atoms with Gasteiger partial charge in [0, 0.05) is 11.8 Å². The lowest BCUT2D eigenvalue weighted by Gasteiger charge is -2.12. The molecule has 0 spiro atoms. The zero-order chi connectivity index (χ0) is 15.9. The van der Waals surface area contributed by atoms with E-state index in [2.05, 4.69) is 44.5 Å². The lowest BCUT2D eigenvalue weighted by atomic mass is 10.1. The number of fused-ring (bicyclic) bond motifs is 1. The van der Waals surface area contributed by atoms with E-state index in [4.69, 9.17) is 0 Å². The summed E-state index contributed by atoms with van der Waals surface area (Å²) in [5, 5.41) is 23.7. The summed E-state index contributed by atoms with van der Waals surface area (Å²) in [5.41, 5.74) is 1.15. The fourth-order valence-corrected chi connectivity index (χ4v) is 2.83. The van der Waals surface area contributed by atoms with Gasteiger partial charge in [0.15, 0.2) is 16.5 Å². The van der Waals surface area contributed by atoms with Crippen molar-refractivity contribution in [3.63, 3.8) is 0 Å². The molecule has 0 aliphatic rings. The Kier molecular flexibility index (Phi) is 6.38. The topological polar surface area (TPSA) is 99.6 Å². The standard InChI is InChI=1S/C14H24N6OS/c1-9(2)6-4-5-7-22-14-16-12(15-10(3)8-21)11-13(17-14)19-20-18-11/h9-10,21H,4-8H2,1-3H3,(H2,15,16,17,18,19,20)/t10-/m1/s1. The zero-order valence-corrected chi connectivity index (χ0v) is 14.2. The molecule has 2 heterocycles. The van der Waals surface area contributed by atoms with Crippen molar-refractivity contribution in [2.24, 2.45) is 5.92 Å². The highest BCUT2D eigenvalue weighted by Gasteiger charge is 2.13. The van der Waals surface area contributed by atoms with Crippen LogP contribution in [0.2, 0.25) is 0 Å². The van der Waals surface area contributed by atoms with Gasteiger partial charge in [-0.3, -0.25) is 0 Å². The molecule has 0 saturated heterocycles. The van der Waals surface area contributed by atoms with E-state index < -0.39 is 0 Å². The monoisotopic (exact) mass is 324 g/mol. The Balaban J connectivity index is 2.00. The first-order chi connectivity index (χ1) is 10.6. The molecule has 0 radical (unpaired) electrons. The first-order valence-electron chi connectivity index (χ1n) is 7.69. The van der Waals surface area contributed by atoms with Gasteiger partial charge in [-0.1, -0.05) is 38.5 Å². The Bertz CT molecular complexity index is 588. The Morgan fingerprint density at radius 1 is 1.18 bits per heavy atom. The van der Waals surface area contributed by atoms with Crippen molar-refractivity contribution in [3.8, 4) is 0 Å². The van der Waals surface area contributed by atoms with E-state index in [0.717, 1.165) is 18.1 Å². The highest BCUT2D eigenvalue weighted by atomic mass is 32.2. The van der Waals surface area contributed by atoms with Gasteiger partial charge in [-0.25, -0.2) is 4.98 Å². The quantitative estimate of drug-likeness (QED) is 0.370. The molecule has 0 aliphatic carbocycles. The lowest BCUT2D eigenvalue weighted by molar-refractivity contribution is 0.281. The summed E-state index contributed by atoms with van der Waals surface area (Å²) in [5.74, 6) is 2.36. The Morgan fingerprint density at radius 2 is 2.00 bits per heavy atom. The number of thioether (sulfide) groups is 1. The van der Waals surface area contributed by atoms with E-state index in [1.807, 2.05) is 6.92 Å². The van der Waals surface area contributed by atoms with Gasteiger partial charge in [0.2, 0.25) is 5.65 Å². The highest BCUT2D eigenvalue weighted by Crippen LogP contribution is 2.23. The maximum Gasteiger partial charge on any atom is 0.207 e. The molecule has 8 heteroatoms. The number of hydrogen-bond donors (Lipinski definition) is 3. The molecule has 0 bridgehead atoms. The summed E-state index contributed by atoms with van der Waals surface area (Å²) in [7, 11) is 0. The third-order valence-corrected chi connectivity index (χ3v) is 4.16. The van der Waals surface area contributed by atoms with Crippen molar-refractivity contribution in [2.45, 2.75) is 51.2 Å². The molecule has 2 aromatic rings. The molecule has 3 N–H and O–H groups in total. The molecule has 0 aliphatic heterocycles. The number of nitrogens with one attached hydrogen (secondary N) is 2. The minimum absolute atomic E-state index is 0.0288. The van der Waals surface area contributed by atoms with Gasteiger partial charge < -0.3 is 10.4 Å². The number of aromatic nitrogens is 5. The zero-order valence-electron chi connectivity index (χ0n) is 13.3. The van der Waals surface area contributed by atoms with E-state index in [9.17, 15) is 5.11 Å². The maximum atomic E-state index is 9.18. The van der Waals surface area contributed by atoms with Crippen LogP contribution in [0.15, 0.2) is 5.16 Å². The van der Waals surface area contributed by atoms with Crippen molar-refractivity contribution in [3.05, 3.63) is 0 Å². The van der Waals surface area contributed by atoms with Gasteiger partial charge in [-0.05, 0) is 19.3 Å². The molecule has 0 unspecified atom stereocenters. The van der Waals surface area contributed by atoms with Crippen LogP contribution in [-0.4, -0.2) is 48.9 Å². The van der Waals surface area contributed by atoms with Gasteiger partial charge in [0.25, 0.3) is 0 Å². The normalized spacial score (nSPS) is 13.0. The molecule has 2 aromatic heterocycles. The predicted octanol–water partition coefficient (Wildman–Crippen LogP) is 2.46. The summed E-state index contributed by atoms with van der Waals surface area (Å²) >= 11 is 1.63. The van der Waals surface area contributed by atoms with Crippen molar-refractivity contribution in [1.82, 2.24) is 25.4 Å². The number of aliphatic hydroxyl groups excluding tert-OH is 1. The Labute approximate surface area is 134 Å². The molecular formula is C14H24N6OS. The molecule has 0 amide bonds. The van der Waals surface area contributed by atoms with Crippen LogP contribution in [0.3, 0.4) is 0 Å². The second kappa shape index (κ2) is 8.28. The van der Waals surface area contributed by atoms with Crippen LogP contribution < -0.4 is 5.32 Å². The SMILES string of the molecule is CC(C)CCCCSc1nc(N[C@H](C)CO)c2n[nH]nc2n1. The summed E-state index contributed by atoms with van der Waals surface area (Å²) < 4.78 is 0. The number of anilines is 1. The number of hydrogen-bond acceptors (Lipinski definition) is 7. The van der Waals surface area contributed by atoms with Crippen molar-refractivity contribution >= 4 is 28.7 Å². The summed E-state index contributed by atoms with van der Waals surface area (Å²) in [6.07, 6.45) is 3.63. The van der Waals surface area contributed by atoms with Crippen LogP contribution in [0.25, 0.3) is 11.2 Å².